The molecule has 6 nitrogen and oxygen atoms in total. The molecule has 0 aliphatic rings. The van der Waals surface area contributed by atoms with Gasteiger partial charge in [0, 0.05) is 12.2 Å². The van der Waals surface area contributed by atoms with Crippen LogP contribution < -0.4 is 10.2 Å². The van der Waals surface area contributed by atoms with Gasteiger partial charge in [0.05, 0.1) is 32.3 Å². The molecule has 0 aromatic heterocycles. The molecule has 1 rings (SSSR count). The van der Waals surface area contributed by atoms with Gasteiger partial charge < -0.3 is 14.4 Å². The molecule has 0 radical (unpaired) electrons. The molecule has 0 heterocycles. The first kappa shape index (κ1) is 24.0. The average Bonchev–Trinajstić information content (AvgIpc) is 2.68. The lowest BCUT2D eigenvalue weighted by atomic mass is 10.2. The van der Waals surface area contributed by atoms with Crippen LogP contribution in [0.5, 0.6) is 0 Å². The van der Waals surface area contributed by atoms with E-state index in [2.05, 4.69) is 24.2 Å². The Morgan fingerprint density at radius 1 is 1.25 bits per heavy atom. The van der Waals surface area contributed by atoms with Crippen molar-refractivity contribution in [2.75, 3.05) is 39.5 Å². The lowest BCUT2D eigenvalue weighted by Crippen LogP contribution is -3.11. The molecule has 1 atom stereocenters. The fourth-order valence-electron chi connectivity index (χ4n) is 2.76. The predicted octanol–water partition coefficient (Wildman–Crippen LogP) is 2.06. The molecule has 28 heavy (non-hydrogen) atoms. The molecule has 1 aromatic carbocycles. The van der Waals surface area contributed by atoms with E-state index in [0.717, 1.165) is 32.5 Å². The second kappa shape index (κ2) is 14.1. The number of amidine groups is 1. The Kier molecular flexibility index (Phi) is 12.1. The molecule has 158 valence electrons. The topological polar surface area (TPSA) is 64.4 Å². The first-order chi connectivity index (χ1) is 13.5. The fraction of sp³-hybridized carbons (Fsp3) is 0.619. The minimum atomic E-state index is -0.462. The number of rotatable bonds is 12. The van der Waals surface area contributed by atoms with Gasteiger partial charge in [-0.15, -0.1) is 0 Å². The number of hydrogen-bond acceptors (Lipinski definition) is 4. The van der Waals surface area contributed by atoms with Crippen LogP contribution in [-0.4, -0.2) is 57.4 Å². The Morgan fingerprint density at radius 2 is 2.00 bits per heavy atom. The van der Waals surface area contributed by atoms with Gasteiger partial charge in [0.2, 0.25) is 0 Å². The maximum absolute atomic E-state index is 13.4. The molecule has 7 heteroatoms. The van der Waals surface area contributed by atoms with Crippen LogP contribution >= 0.6 is 0 Å². The van der Waals surface area contributed by atoms with E-state index in [-0.39, 0.29) is 24.2 Å². The first-order valence-electron chi connectivity index (χ1n) is 10.2. The summed E-state index contributed by atoms with van der Waals surface area (Å²) in [6.45, 7) is 12.9. The van der Waals surface area contributed by atoms with Crippen molar-refractivity contribution in [2.24, 2.45) is 4.99 Å². The number of nitrogens with one attached hydrogen (secondary N) is 2. The van der Waals surface area contributed by atoms with Gasteiger partial charge in [-0.05, 0) is 58.7 Å². The van der Waals surface area contributed by atoms with E-state index >= 15 is 0 Å². The van der Waals surface area contributed by atoms with Crippen molar-refractivity contribution in [1.82, 2.24) is 5.32 Å². The van der Waals surface area contributed by atoms with Gasteiger partial charge in [-0.2, -0.15) is 0 Å². The Labute approximate surface area is 168 Å². The van der Waals surface area contributed by atoms with Crippen molar-refractivity contribution >= 4 is 11.9 Å². The van der Waals surface area contributed by atoms with E-state index in [1.54, 1.807) is 11.0 Å². The van der Waals surface area contributed by atoms with E-state index in [1.807, 2.05) is 13.8 Å². The van der Waals surface area contributed by atoms with Gasteiger partial charge in [-0.1, -0.05) is 6.07 Å². The van der Waals surface area contributed by atoms with Crippen LogP contribution in [0.3, 0.4) is 0 Å². The number of nitrogens with zero attached hydrogens (tertiary/aromatic N) is 1. The highest BCUT2D eigenvalue weighted by molar-refractivity contribution is 6.04. The zero-order valence-electron chi connectivity index (χ0n) is 17.6. The van der Waals surface area contributed by atoms with E-state index < -0.39 is 11.7 Å². The number of benzene rings is 1. The van der Waals surface area contributed by atoms with Crippen LogP contribution in [0, 0.1) is 5.82 Å². The average molecular weight is 397 g/mol. The predicted molar refractivity (Wildman–Crippen MR) is 109 cm³/mol. The third-order valence-corrected chi connectivity index (χ3v) is 4.47. The maximum Gasteiger partial charge on any atom is 0.292 e. The van der Waals surface area contributed by atoms with Crippen molar-refractivity contribution in [1.29, 1.82) is 0 Å². The summed E-state index contributed by atoms with van der Waals surface area (Å²) in [5.74, 6) is -0.912. The Bertz CT molecular complexity index is 606. The molecule has 1 amide bonds. The number of quaternary nitrogens is 1. The maximum atomic E-state index is 13.4. The number of hydrogen-bond donors (Lipinski definition) is 2. The van der Waals surface area contributed by atoms with Crippen LogP contribution in [0.2, 0.25) is 0 Å². The largest absolute Gasteiger partial charge is 0.463 e. The number of aliphatic imine (C=N–C) groups is 1. The van der Waals surface area contributed by atoms with Crippen LogP contribution in [0.25, 0.3) is 0 Å². The number of amides is 1. The highest BCUT2D eigenvalue weighted by atomic mass is 19.1. The van der Waals surface area contributed by atoms with Gasteiger partial charge >= 0.3 is 0 Å². The SMILES string of the molecule is CCOCCOC(=N[C@H](C)CCC[NH+](CC)CC)NC(=O)c1cccc(F)c1. The second-order valence-electron chi connectivity index (χ2n) is 6.64. The molecule has 0 spiro atoms. The smallest absolute Gasteiger partial charge is 0.292 e. The van der Waals surface area contributed by atoms with Crippen molar-refractivity contribution < 1.29 is 23.6 Å². The van der Waals surface area contributed by atoms with Crippen molar-refractivity contribution in [3.05, 3.63) is 35.6 Å². The van der Waals surface area contributed by atoms with Crippen molar-refractivity contribution in [3.8, 4) is 0 Å². The summed E-state index contributed by atoms with van der Waals surface area (Å²) in [5, 5.41) is 2.65. The number of ether oxygens (including phenoxy) is 2. The van der Waals surface area contributed by atoms with Crippen LogP contribution in [0.1, 0.15) is 50.9 Å². The zero-order chi connectivity index (χ0) is 20.8. The monoisotopic (exact) mass is 396 g/mol. The molecule has 2 N–H and O–H groups in total. The third kappa shape index (κ3) is 9.80. The van der Waals surface area contributed by atoms with E-state index in [9.17, 15) is 9.18 Å². The molecule has 0 fully saturated rings. The number of carbonyl (C=O) groups is 1. The minimum Gasteiger partial charge on any atom is -0.463 e. The van der Waals surface area contributed by atoms with E-state index in [0.29, 0.717) is 13.2 Å². The summed E-state index contributed by atoms with van der Waals surface area (Å²) in [4.78, 5) is 18.5. The molecule has 0 aliphatic carbocycles. The van der Waals surface area contributed by atoms with Gasteiger partial charge in [-0.25, -0.2) is 9.38 Å². The second-order valence-corrected chi connectivity index (χ2v) is 6.64. The zero-order valence-corrected chi connectivity index (χ0v) is 17.6. The van der Waals surface area contributed by atoms with Gasteiger partial charge in [-0.3, -0.25) is 10.1 Å². The van der Waals surface area contributed by atoms with Gasteiger partial charge in [0.1, 0.15) is 12.4 Å². The first-order valence-corrected chi connectivity index (χ1v) is 10.2. The van der Waals surface area contributed by atoms with Crippen molar-refractivity contribution in [3.63, 3.8) is 0 Å². The third-order valence-electron chi connectivity index (χ3n) is 4.47. The lowest BCUT2D eigenvalue weighted by Gasteiger charge is -2.16. The quantitative estimate of drug-likeness (QED) is 0.323. The summed E-state index contributed by atoms with van der Waals surface area (Å²) in [6.07, 6.45) is 1.95. The molecule has 0 bridgehead atoms. The summed E-state index contributed by atoms with van der Waals surface area (Å²) in [6, 6.07) is 5.68. The van der Waals surface area contributed by atoms with Gasteiger partial charge in [0.25, 0.3) is 11.9 Å². The number of halogens is 1. The standard InChI is InChI=1S/C21H34FN3O3/c1-5-25(6-2)13-9-10-17(4)23-21(28-15-14-27-7-3)24-20(26)18-11-8-12-19(22)16-18/h8,11-12,16-17H,5-7,9-10,13-15H2,1-4H3,(H,23,24,26)/p+1/t17-/m1/s1. The Hall–Kier alpha value is -1.99. The highest BCUT2D eigenvalue weighted by Crippen LogP contribution is 2.05. The van der Waals surface area contributed by atoms with Crippen molar-refractivity contribution in [2.45, 2.75) is 46.6 Å². The van der Waals surface area contributed by atoms with Crippen LogP contribution in [0.4, 0.5) is 4.39 Å². The number of carbonyl (C=O) groups excluding carboxylic acids is 1. The van der Waals surface area contributed by atoms with Crippen LogP contribution in [-0.2, 0) is 9.47 Å². The van der Waals surface area contributed by atoms with E-state index in [4.69, 9.17) is 9.47 Å². The molecule has 0 unspecified atom stereocenters. The molecule has 0 aliphatic heterocycles. The fourth-order valence-corrected chi connectivity index (χ4v) is 2.76. The van der Waals surface area contributed by atoms with Crippen LogP contribution in [0.15, 0.2) is 29.3 Å². The minimum absolute atomic E-state index is 0.00450. The van der Waals surface area contributed by atoms with Gasteiger partial charge in [0.15, 0.2) is 0 Å². The molecule has 0 saturated carbocycles. The normalized spacial score (nSPS) is 12.9. The molecular formula is C21H35FN3O3+. The molecule has 0 saturated heterocycles. The summed E-state index contributed by atoms with van der Waals surface area (Å²) >= 11 is 0. The Balaban J connectivity index is 2.68. The highest BCUT2D eigenvalue weighted by Gasteiger charge is 2.13. The Morgan fingerprint density at radius 3 is 2.64 bits per heavy atom. The molecule has 1 aromatic rings. The summed E-state index contributed by atoms with van der Waals surface area (Å²) in [5.41, 5.74) is 0.221. The van der Waals surface area contributed by atoms with E-state index in [1.165, 1.54) is 18.2 Å². The summed E-state index contributed by atoms with van der Waals surface area (Å²) < 4.78 is 24.2. The molecular weight excluding hydrogens is 361 g/mol. The summed E-state index contributed by atoms with van der Waals surface area (Å²) in [7, 11) is 0. The lowest BCUT2D eigenvalue weighted by molar-refractivity contribution is -0.896.